The molecular weight excluding hydrogens is 611 g/mol. The molecule has 0 aliphatic heterocycles. The SMILES string of the molecule is c1ccc(-c2nc(-c3ccccc3)nc(-c3ccc4oc5cc6c(cc5c4c3)-c3ccccc3C6(c3ccccc3)c3ccccc3)n2)cc1. The lowest BCUT2D eigenvalue weighted by Crippen LogP contribution is -2.28. The monoisotopic (exact) mass is 639 g/mol. The number of hydrogen-bond acceptors (Lipinski definition) is 4. The van der Waals surface area contributed by atoms with E-state index in [0.717, 1.165) is 38.6 Å². The summed E-state index contributed by atoms with van der Waals surface area (Å²) in [6.45, 7) is 0. The topological polar surface area (TPSA) is 51.8 Å². The smallest absolute Gasteiger partial charge is 0.164 e. The first-order valence-electron chi connectivity index (χ1n) is 16.9. The van der Waals surface area contributed by atoms with Crippen LogP contribution in [0.5, 0.6) is 0 Å². The predicted octanol–water partition coefficient (Wildman–Crippen LogP) is 11.1. The molecule has 0 atom stereocenters. The summed E-state index contributed by atoms with van der Waals surface area (Å²) >= 11 is 0. The van der Waals surface area contributed by atoms with Gasteiger partial charge in [0.2, 0.25) is 0 Å². The summed E-state index contributed by atoms with van der Waals surface area (Å²) < 4.78 is 6.67. The molecule has 4 heteroatoms. The minimum Gasteiger partial charge on any atom is -0.456 e. The minimum absolute atomic E-state index is 0.487. The first-order chi connectivity index (χ1) is 24.8. The van der Waals surface area contributed by atoms with Crippen LogP contribution in [0.15, 0.2) is 180 Å². The van der Waals surface area contributed by atoms with Gasteiger partial charge in [0, 0.05) is 27.5 Å². The van der Waals surface area contributed by atoms with Crippen LogP contribution in [0.3, 0.4) is 0 Å². The molecular formula is C46H29N3O. The van der Waals surface area contributed by atoms with Gasteiger partial charge in [-0.05, 0) is 63.7 Å². The third-order valence-corrected chi connectivity index (χ3v) is 10.0. The molecule has 0 N–H and O–H groups in total. The molecule has 0 bridgehead atoms. The van der Waals surface area contributed by atoms with Crippen LogP contribution in [0, 0.1) is 0 Å². The summed E-state index contributed by atoms with van der Waals surface area (Å²) in [4.78, 5) is 14.9. The minimum atomic E-state index is -0.487. The third-order valence-electron chi connectivity index (χ3n) is 10.0. The molecule has 1 aliphatic rings. The summed E-state index contributed by atoms with van der Waals surface area (Å²) in [6.07, 6.45) is 0. The Balaban J connectivity index is 1.20. The molecule has 0 unspecified atom stereocenters. The van der Waals surface area contributed by atoms with Gasteiger partial charge in [-0.25, -0.2) is 15.0 Å². The van der Waals surface area contributed by atoms with Crippen LogP contribution in [0.4, 0.5) is 0 Å². The predicted molar refractivity (Wildman–Crippen MR) is 201 cm³/mol. The molecule has 234 valence electrons. The second-order valence-electron chi connectivity index (χ2n) is 12.8. The molecule has 0 fully saturated rings. The first kappa shape index (κ1) is 28.4. The van der Waals surface area contributed by atoms with Crippen molar-refractivity contribution in [2.75, 3.05) is 0 Å². The van der Waals surface area contributed by atoms with Crippen molar-refractivity contribution in [1.29, 1.82) is 0 Å². The highest BCUT2D eigenvalue weighted by Gasteiger charge is 2.46. The zero-order valence-corrected chi connectivity index (χ0v) is 27.0. The molecule has 50 heavy (non-hydrogen) atoms. The van der Waals surface area contributed by atoms with Crippen molar-refractivity contribution in [3.63, 3.8) is 0 Å². The Morgan fingerprint density at radius 3 is 1.46 bits per heavy atom. The second-order valence-corrected chi connectivity index (χ2v) is 12.8. The van der Waals surface area contributed by atoms with Crippen molar-refractivity contribution >= 4 is 21.9 Å². The third kappa shape index (κ3) is 4.28. The van der Waals surface area contributed by atoms with E-state index in [9.17, 15) is 0 Å². The van der Waals surface area contributed by atoms with Crippen molar-refractivity contribution in [2.24, 2.45) is 0 Å². The Kier molecular flexibility index (Phi) is 6.36. The average molecular weight is 640 g/mol. The van der Waals surface area contributed by atoms with Gasteiger partial charge in [-0.3, -0.25) is 0 Å². The number of fused-ring (bicyclic) bond motifs is 6. The van der Waals surface area contributed by atoms with Gasteiger partial charge in [-0.15, -0.1) is 0 Å². The Morgan fingerprint density at radius 1 is 0.360 bits per heavy atom. The zero-order valence-electron chi connectivity index (χ0n) is 27.0. The van der Waals surface area contributed by atoms with E-state index in [1.165, 1.54) is 33.4 Å². The average Bonchev–Trinajstić information content (AvgIpc) is 3.70. The van der Waals surface area contributed by atoms with E-state index >= 15 is 0 Å². The summed E-state index contributed by atoms with van der Waals surface area (Å²) in [7, 11) is 0. The summed E-state index contributed by atoms with van der Waals surface area (Å²) in [5.74, 6) is 1.89. The van der Waals surface area contributed by atoms with Crippen LogP contribution < -0.4 is 0 Å². The van der Waals surface area contributed by atoms with Gasteiger partial charge in [0.25, 0.3) is 0 Å². The molecule has 2 heterocycles. The molecule has 0 spiro atoms. The Labute approximate surface area is 289 Å². The van der Waals surface area contributed by atoms with Crippen molar-refractivity contribution in [2.45, 2.75) is 5.41 Å². The van der Waals surface area contributed by atoms with Crippen molar-refractivity contribution in [3.05, 3.63) is 198 Å². The van der Waals surface area contributed by atoms with Crippen molar-refractivity contribution in [3.8, 4) is 45.3 Å². The maximum Gasteiger partial charge on any atom is 0.164 e. The maximum absolute atomic E-state index is 6.67. The highest BCUT2D eigenvalue weighted by Crippen LogP contribution is 2.57. The van der Waals surface area contributed by atoms with E-state index in [4.69, 9.17) is 19.4 Å². The molecule has 0 saturated heterocycles. The van der Waals surface area contributed by atoms with Gasteiger partial charge in [-0.2, -0.15) is 0 Å². The Hall–Kier alpha value is -6.65. The summed E-state index contributed by atoms with van der Waals surface area (Å²) in [5, 5.41) is 2.09. The molecule has 9 aromatic rings. The molecule has 10 rings (SSSR count). The van der Waals surface area contributed by atoms with E-state index in [2.05, 4.69) is 103 Å². The Morgan fingerprint density at radius 2 is 0.860 bits per heavy atom. The number of nitrogens with zero attached hydrogens (tertiary/aromatic N) is 3. The number of hydrogen-bond donors (Lipinski definition) is 0. The van der Waals surface area contributed by atoms with Crippen LogP contribution in [0.2, 0.25) is 0 Å². The van der Waals surface area contributed by atoms with Crippen LogP contribution >= 0.6 is 0 Å². The lowest BCUT2D eigenvalue weighted by Gasteiger charge is -2.33. The van der Waals surface area contributed by atoms with E-state index in [1.807, 2.05) is 72.8 Å². The quantitative estimate of drug-likeness (QED) is 0.188. The standard InChI is InChI=1S/C46H29N3O/c1-5-15-30(16-6-1)43-47-44(31-17-7-2-8-18-31)49-45(48-43)32-25-26-41-37(27-32)38-28-36-35-23-13-14-24-39(35)46(33-19-9-3-10-20-33,34-21-11-4-12-22-34)40(36)29-42(38)50-41/h1-29H. The number of benzene rings is 7. The van der Waals surface area contributed by atoms with E-state index in [-0.39, 0.29) is 0 Å². The molecule has 0 saturated carbocycles. The van der Waals surface area contributed by atoms with Crippen LogP contribution in [-0.2, 0) is 5.41 Å². The fourth-order valence-electron chi connectivity index (χ4n) is 7.79. The van der Waals surface area contributed by atoms with Crippen LogP contribution in [-0.4, -0.2) is 15.0 Å². The van der Waals surface area contributed by atoms with E-state index in [1.54, 1.807) is 0 Å². The molecule has 0 radical (unpaired) electrons. The molecule has 7 aromatic carbocycles. The number of furan rings is 1. The zero-order chi connectivity index (χ0) is 33.1. The molecule has 1 aliphatic carbocycles. The molecule has 0 amide bonds. The van der Waals surface area contributed by atoms with Crippen molar-refractivity contribution in [1.82, 2.24) is 15.0 Å². The van der Waals surface area contributed by atoms with E-state index < -0.39 is 5.41 Å². The second kappa shape index (κ2) is 11.2. The van der Waals surface area contributed by atoms with Gasteiger partial charge in [0.05, 0.1) is 5.41 Å². The summed E-state index contributed by atoms with van der Waals surface area (Å²) in [6, 6.07) is 61.5. The lowest BCUT2D eigenvalue weighted by molar-refractivity contribution is 0.666. The fraction of sp³-hybridized carbons (Fsp3) is 0.0217. The highest BCUT2D eigenvalue weighted by atomic mass is 16.3. The molecule has 4 nitrogen and oxygen atoms in total. The van der Waals surface area contributed by atoms with E-state index in [0.29, 0.717) is 17.5 Å². The van der Waals surface area contributed by atoms with Gasteiger partial charge in [0.1, 0.15) is 11.2 Å². The van der Waals surface area contributed by atoms with Gasteiger partial charge >= 0.3 is 0 Å². The van der Waals surface area contributed by atoms with Gasteiger partial charge in [0.15, 0.2) is 17.5 Å². The number of aromatic nitrogens is 3. The normalized spacial score (nSPS) is 13.0. The summed E-state index contributed by atoms with van der Waals surface area (Å²) in [5.41, 5.74) is 11.4. The first-order valence-corrected chi connectivity index (χ1v) is 16.9. The number of rotatable bonds is 5. The van der Waals surface area contributed by atoms with Gasteiger partial charge in [-0.1, -0.05) is 146 Å². The van der Waals surface area contributed by atoms with Crippen LogP contribution in [0.1, 0.15) is 22.3 Å². The van der Waals surface area contributed by atoms with Crippen molar-refractivity contribution < 1.29 is 4.42 Å². The van der Waals surface area contributed by atoms with Gasteiger partial charge < -0.3 is 4.42 Å². The maximum atomic E-state index is 6.67. The lowest BCUT2D eigenvalue weighted by atomic mass is 9.67. The largest absolute Gasteiger partial charge is 0.456 e. The fourth-order valence-corrected chi connectivity index (χ4v) is 7.79. The van der Waals surface area contributed by atoms with Crippen LogP contribution in [0.25, 0.3) is 67.2 Å². The molecule has 2 aromatic heterocycles. The Bertz CT molecular complexity index is 2590. The highest BCUT2D eigenvalue weighted by molar-refractivity contribution is 6.09.